The Morgan fingerprint density at radius 1 is 1.29 bits per heavy atom. The van der Waals surface area contributed by atoms with Gasteiger partial charge in [0.25, 0.3) is 0 Å². The van der Waals surface area contributed by atoms with Crippen LogP contribution in [0.15, 0.2) is 30.3 Å². The molecule has 0 N–H and O–H groups in total. The molecule has 76 valence electrons. The van der Waals surface area contributed by atoms with Crippen LogP contribution in [-0.2, 0) is 9.09 Å². The van der Waals surface area contributed by atoms with Crippen LogP contribution in [0.4, 0.5) is 0 Å². The zero-order valence-electron chi connectivity index (χ0n) is 8.18. The first-order chi connectivity index (χ1) is 6.83. The van der Waals surface area contributed by atoms with Crippen LogP contribution in [0.2, 0.25) is 0 Å². The lowest BCUT2D eigenvalue weighted by molar-refractivity contribution is 0.281. The molecule has 0 saturated heterocycles. The molecular formula is C10H14O3P+. The maximum Gasteiger partial charge on any atom is 0.750 e. The number of rotatable bonds is 6. The molecule has 0 aliphatic rings. The van der Waals surface area contributed by atoms with E-state index in [2.05, 4.69) is 6.92 Å². The minimum atomic E-state index is -2.02. The third-order valence-electron chi connectivity index (χ3n) is 1.62. The van der Waals surface area contributed by atoms with E-state index in [4.69, 9.17) is 9.05 Å². The SMILES string of the molecule is CCCCO[P+](=O)Oc1ccccc1. The first-order valence-electron chi connectivity index (χ1n) is 4.66. The fourth-order valence-corrected chi connectivity index (χ4v) is 1.50. The number of hydrogen-bond acceptors (Lipinski definition) is 3. The normalized spacial score (nSPS) is 11.1. The summed E-state index contributed by atoms with van der Waals surface area (Å²) < 4.78 is 21.2. The van der Waals surface area contributed by atoms with Crippen molar-refractivity contribution >= 4 is 8.25 Å². The molecule has 1 aromatic rings. The van der Waals surface area contributed by atoms with Gasteiger partial charge < -0.3 is 0 Å². The number of unbranched alkanes of at least 4 members (excludes halogenated alkanes) is 1. The first-order valence-corrected chi connectivity index (χ1v) is 5.75. The smallest absolute Gasteiger partial charge is 0.229 e. The van der Waals surface area contributed by atoms with E-state index in [1.807, 2.05) is 18.2 Å². The highest BCUT2D eigenvalue weighted by Crippen LogP contribution is 2.27. The second-order valence-electron chi connectivity index (χ2n) is 2.81. The summed E-state index contributed by atoms with van der Waals surface area (Å²) in [6, 6.07) is 9.01. The lowest BCUT2D eigenvalue weighted by Gasteiger charge is -1.91. The Hall–Kier alpha value is -0.920. The Morgan fingerprint density at radius 2 is 2.00 bits per heavy atom. The third-order valence-corrected chi connectivity index (χ3v) is 2.37. The summed E-state index contributed by atoms with van der Waals surface area (Å²) in [4.78, 5) is 0. The molecule has 0 aliphatic heterocycles. The average Bonchev–Trinajstić information content (AvgIpc) is 2.20. The van der Waals surface area contributed by atoms with Gasteiger partial charge in [0, 0.05) is 4.57 Å². The van der Waals surface area contributed by atoms with Crippen molar-refractivity contribution in [3.05, 3.63) is 30.3 Å². The van der Waals surface area contributed by atoms with Crippen LogP contribution in [0.5, 0.6) is 5.75 Å². The summed E-state index contributed by atoms with van der Waals surface area (Å²) in [6.45, 7) is 2.53. The van der Waals surface area contributed by atoms with Gasteiger partial charge in [0.2, 0.25) is 0 Å². The largest absolute Gasteiger partial charge is 0.750 e. The molecule has 1 aromatic carbocycles. The highest BCUT2D eigenvalue weighted by Gasteiger charge is 2.20. The van der Waals surface area contributed by atoms with Crippen LogP contribution in [-0.4, -0.2) is 6.61 Å². The maximum absolute atomic E-state index is 11.2. The van der Waals surface area contributed by atoms with Crippen molar-refractivity contribution in [2.24, 2.45) is 0 Å². The summed E-state index contributed by atoms with van der Waals surface area (Å²) >= 11 is 0. The Kier molecular flexibility index (Phi) is 5.20. The molecule has 14 heavy (non-hydrogen) atoms. The van der Waals surface area contributed by atoms with E-state index in [0.29, 0.717) is 12.4 Å². The van der Waals surface area contributed by atoms with Gasteiger partial charge in [-0.25, -0.2) is 4.52 Å². The van der Waals surface area contributed by atoms with Crippen molar-refractivity contribution in [1.29, 1.82) is 0 Å². The van der Waals surface area contributed by atoms with Gasteiger partial charge in [0.1, 0.15) is 6.61 Å². The highest BCUT2D eigenvalue weighted by atomic mass is 31.1. The summed E-state index contributed by atoms with van der Waals surface area (Å²) in [5.41, 5.74) is 0. The monoisotopic (exact) mass is 213 g/mol. The number of benzene rings is 1. The first kappa shape index (κ1) is 11.2. The Labute approximate surface area is 85.0 Å². The minimum Gasteiger partial charge on any atom is -0.229 e. The fourth-order valence-electron chi connectivity index (χ4n) is 0.877. The lowest BCUT2D eigenvalue weighted by Crippen LogP contribution is -1.89. The van der Waals surface area contributed by atoms with E-state index in [1.165, 1.54) is 0 Å². The summed E-state index contributed by atoms with van der Waals surface area (Å²) in [5, 5.41) is 0. The van der Waals surface area contributed by atoms with Gasteiger partial charge in [-0.2, -0.15) is 0 Å². The van der Waals surface area contributed by atoms with Crippen LogP contribution in [0.3, 0.4) is 0 Å². The van der Waals surface area contributed by atoms with E-state index in [9.17, 15) is 4.57 Å². The van der Waals surface area contributed by atoms with Crippen molar-refractivity contribution in [3.8, 4) is 5.75 Å². The van der Waals surface area contributed by atoms with Crippen LogP contribution in [0.25, 0.3) is 0 Å². The Morgan fingerprint density at radius 3 is 2.64 bits per heavy atom. The second kappa shape index (κ2) is 6.52. The van der Waals surface area contributed by atoms with Gasteiger partial charge in [-0.3, -0.25) is 0 Å². The summed E-state index contributed by atoms with van der Waals surface area (Å²) in [6.07, 6.45) is 1.92. The molecule has 0 fully saturated rings. The van der Waals surface area contributed by atoms with Crippen LogP contribution < -0.4 is 4.52 Å². The molecule has 0 saturated carbocycles. The Bertz CT molecular complexity index is 274. The van der Waals surface area contributed by atoms with E-state index in [-0.39, 0.29) is 0 Å². The molecule has 0 radical (unpaired) electrons. The standard InChI is InChI=1S/C10H14O3P/c1-2-3-9-12-14(11)13-10-7-5-4-6-8-10/h4-8H,2-3,9H2,1H3/q+1. The molecule has 1 atom stereocenters. The van der Waals surface area contributed by atoms with Crippen molar-refractivity contribution < 1.29 is 13.6 Å². The summed E-state index contributed by atoms with van der Waals surface area (Å²) in [5.74, 6) is 0.574. The van der Waals surface area contributed by atoms with Crippen molar-refractivity contribution in [2.75, 3.05) is 6.61 Å². The Balaban J connectivity index is 2.27. The second-order valence-corrected chi connectivity index (χ2v) is 3.70. The molecular weight excluding hydrogens is 199 g/mol. The molecule has 0 heterocycles. The zero-order chi connectivity index (χ0) is 10.2. The molecule has 0 amide bonds. The molecule has 1 unspecified atom stereocenters. The lowest BCUT2D eigenvalue weighted by atomic mass is 10.3. The predicted molar refractivity (Wildman–Crippen MR) is 55.5 cm³/mol. The van der Waals surface area contributed by atoms with Gasteiger partial charge in [0.05, 0.1) is 0 Å². The van der Waals surface area contributed by atoms with Crippen molar-refractivity contribution in [3.63, 3.8) is 0 Å². The zero-order valence-corrected chi connectivity index (χ0v) is 9.07. The average molecular weight is 213 g/mol. The van der Waals surface area contributed by atoms with Crippen molar-refractivity contribution in [2.45, 2.75) is 19.8 Å². The quantitative estimate of drug-likeness (QED) is 0.535. The van der Waals surface area contributed by atoms with E-state index < -0.39 is 8.25 Å². The molecule has 0 aliphatic carbocycles. The van der Waals surface area contributed by atoms with E-state index in [0.717, 1.165) is 12.8 Å². The molecule has 0 aromatic heterocycles. The maximum atomic E-state index is 11.2. The van der Waals surface area contributed by atoms with Gasteiger partial charge in [0.15, 0.2) is 5.75 Å². The molecule has 4 heteroatoms. The molecule has 0 bridgehead atoms. The minimum absolute atomic E-state index is 0.485. The molecule has 0 spiro atoms. The van der Waals surface area contributed by atoms with Gasteiger partial charge in [-0.15, -0.1) is 4.52 Å². The third kappa shape index (κ3) is 4.35. The van der Waals surface area contributed by atoms with Crippen LogP contribution >= 0.6 is 8.25 Å². The number of para-hydroxylation sites is 1. The van der Waals surface area contributed by atoms with Crippen LogP contribution in [0.1, 0.15) is 19.8 Å². The topological polar surface area (TPSA) is 35.5 Å². The van der Waals surface area contributed by atoms with Gasteiger partial charge in [-0.05, 0) is 18.6 Å². The van der Waals surface area contributed by atoms with Crippen molar-refractivity contribution in [1.82, 2.24) is 0 Å². The summed E-state index contributed by atoms with van der Waals surface area (Å²) in [7, 11) is -2.02. The van der Waals surface area contributed by atoms with Crippen LogP contribution in [0, 0.1) is 0 Å². The van der Waals surface area contributed by atoms with E-state index in [1.54, 1.807) is 12.1 Å². The van der Waals surface area contributed by atoms with Gasteiger partial charge in [-0.1, -0.05) is 31.5 Å². The van der Waals surface area contributed by atoms with E-state index >= 15 is 0 Å². The highest BCUT2D eigenvalue weighted by molar-refractivity contribution is 7.33. The fraction of sp³-hybridized carbons (Fsp3) is 0.400. The molecule has 3 nitrogen and oxygen atoms in total. The number of hydrogen-bond donors (Lipinski definition) is 0. The predicted octanol–water partition coefficient (Wildman–Crippen LogP) is 3.54. The van der Waals surface area contributed by atoms with Gasteiger partial charge >= 0.3 is 8.25 Å². The molecule has 1 rings (SSSR count).